The highest BCUT2D eigenvalue weighted by atomic mass is 16.5. The minimum Gasteiger partial charge on any atom is -0.463 e. The van der Waals surface area contributed by atoms with Gasteiger partial charge in [-0.3, -0.25) is 0 Å². The highest BCUT2D eigenvalue weighted by molar-refractivity contribution is 5.89. The zero-order valence-corrected chi connectivity index (χ0v) is 10.4. The van der Waals surface area contributed by atoms with Gasteiger partial charge in [0.15, 0.2) is 0 Å². The SMILES string of the molecule is CCOC(=O)C(C)=C1CC(c2ccccc2)C1. The summed E-state index contributed by atoms with van der Waals surface area (Å²) < 4.78 is 5.00. The molecule has 1 aliphatic rings. The fourth-order valence-electron chi connectivity index (χ4n) is 2.19. The van der Waals surface area contributed by atoms with Gasteiger partial charge in [-0.1, -0.05) is 35.9 Å². The molecule has 0 unspecified atom stereocenters. The lowest BCUT2D eigenvalue weighted by Crippen LogP contribution is -2.18. The topological polar surface area (TPSA) is 26.3 Å². The van der Waals surface area contributed by atoms with Crippen LogP contribution in [0, 0.1) is 0 Å². The largest absolute Gasteiger partial charge is 0.463 e. The van der Waals surface area contributed by atoms with Crippen LogP contribution in [0.3, 0.4) is 0 Å². The number of carbonyl (C=O) groups excluding carboxylic acids is 1. The molecule has 1 aliphatic carbocycles. The van der Waals surface area contributed by atoms with Crippen LogP contribution in [0.2, 0.25) is 0 Å². The molecule has 0 aliphatic heterocycles. The van der Waals surface area contributed by atoms with Crippen LogP contribution in [-0.2, 0) is 9.53 Å². The number of allylic oxidation sites excluding steroid dienone is 1. The summed E-state index contributed by atoms with van der Waals surface area (Å²) in [5.74, 6) is 0.421. The highest BCUT2D eigenvalue weighted by Crippen LogP contribution is 2.42. The predicted octanol–water partition coefficient (Wildman–Crippen LogP) is 3.44. The Morgan fingerprint density at radius 1 is 1.29 bits per heavy atom. The molecule has 0 amide bonds. The van der Waals surface area contributed by atoms with Crippen molar-refractivity contribution in [2.24, 2.45) is 0 Å². The quantitative estimate of drug-likeness (QED) is 0.587. The van der Waals surface area contributed by atoms with Crippen molar-refractivity contribution in [3.63, 3.8) is 0 Å². The van der Waals surface area contributed by atoms with E-state index in [2.05, 4.69) is 24.3 Å². The molecule has 0 spiro atoms. The number of hydrogen-bond donors (Lipinski definition) is 0. The van der Waals surface area contributed by atoms with Crippen molar-refractivity contribution in [3.8, 4) is 0 Å². The van der Waals surface area contributed by atoms with Crippen molar-refractivity contribution in [2.75, 3.05) is 6.61 Å². The van der Waals surface area contributed by atoms with Crippen LogP contribution in [0.15, 0.2) is 41.5 Å². The molecule has 1 aromatic carbocycles. The lowest BCUT2D eigenvalue weighted by atomic mass is 9.74. The molecule has 1 fully saturated rings. The van der Waals surface area contributed by atoms with Gasteiger partial charge >= 0.3 is 5.97 Å². The van der Waals surface area contributed by atoms with Gasteiger partial charge in [0.05, 0.1) is 6.61 Å². The van der Waals surface area contributed by atoms with Crippen LogP contribution in [0.1, 0.15) is 38.2 Å². The van der Waals surface area contributed by atoms with Gasteiger partial charge in [0, 0.05) is 5.57 Å². The Balaban J connectivity index is 1.98. The molecule has 0 aromatic heterocycles. The van der Waals surface area contributed by atoms with E-state index in [0.717, 1.165) is 18.4 Å². The molecule has 17 heavy (non-hydrogen) atoms. The van der Waals surface area contributed by atoms with E-state index in [1.165, 1.54) is 11.1 Å². The van der Waals surface area contributed by atoms with E-state index in [-0.39, 0.29) is 5.97 Å². The first kappa shape index (κ1) is 11.9. The van der Waals surface area contributed by atoms with Gasteiger partial charge in [-0.25, -0.2) is 4.79 Å². The molecular weight excluding hydrogens is 212 g/mol. The van der Waals surface area contributed by atoms with Crippen LogP contribution in [0.5, 0.6) is 0 Å². The summed E-state index contributed by atoms with van der Waals surface area (Å²) in [4.78, 5) is 11.5. The maximum Gasteiger partial charge on any atom is 0.333 e. The second-order valence-corrected chi connectivity index (χ2v) is 4.46. The van der Waals surface area contributed by atoms with Gasteiger partial charge in [-0.2, -0.15) is 0 Å². The van der Waals surface area contributed by atoms with E-state index in [0.29, 0.717) is 12.5 Å². The molecule has 0 atom stereocenters. The second-order valence-electron chi connectivity index (χ2n) is 4.46. The Bertz CT molecular complexity index is 423. The summed E-state index contributed by atoms with van der Waals surface area (Å²) in [7, 11) is 0. The Hall–Kier alpha value is -1.57. The third-order valence-electron chi connectivity index (χ3n) is 3.37. The zero-order valence-electron chi connectivity index (χ0n) is 10.4. The third-order valence-corrected chi connectivity index (χ3v) is 3.37. The summed E-state index contributed by atoms with van der Waals surface area (Å²) in [5.41, 5.74) is 3.42. The number of benzene rings is 1. The summed E-state index contributed by atoms with van der Waals surface area (Å²) in [6.45, 7) is 4.16. The van der Waals surface area contributed by atoms with E-state index >= 15 is 0 Å². The van der Waals surface area contributed by atoms with Gasteiger partial charge in [0.25, 0.3) is 0 Å². The number of ether oxygens (including phenoxy) is 1. The monoisotopic (exact) mass is 230 g/mol. The summed E-state index contributed by atoms with van der Waals surface area (Å²) >= 11 is 0. The minimum atomic E-state index is -0.158. The lowest BCUT2D eigenvalue weighted by molar-refractivity contribution is -0.138. The average Bonchev–Trinajstić information content (AvgIpc) is 2.28. The molecule has 90 valence electrons. The van der Waals surface area contributed by atoms with Crippen LogP contribution in [-0.4, -0.2) is 12.6 Å². The van der Waals surface area contributed by atoms with Crippen molar-refractivity contribution in [2.45, 2.75) is 32.6 Å². The van der Waals surface area contributed by atoms with Crippen LogP contribution in [0.4, 0.5) is 0 Å². The molecule has 0 N–H and O–H groups in total. The predicted molar refractivity (Wildman–Crippen MR) is 67.8 cm³/mol. The smallest absolute Gasteiger partial charge is 0.333 e. The third kappa shape index (κ3) is 2.57. The van der Waals surface area contributed by atoms with Crippen molar-refractivity contribution >= 4 is 5.97 Å². The van der Waals surface area contributed by atoms with Crippen molar-refractivity contribution in [1.29, 1.82) is 0 Å². The lowest BCUT2D eigenvalue weighted by Gasteiger charge is -2.31. The maximum atomic E-state index is 11.5. The molecule has 0 radical (unpaired) electrons. The zero-order chi connectivity index (χ0) is 12.3. The molecule has 0 heterocycles. The maximum absolute atomic E-state index is 11.5. The number of esters is 1. The fraction of sp³-hybridized carbons (Fsp3) is 0.400. The highest BCUT2D eigenvalue weighted by Gasteiger charge is 2.28. The van der Waals surface area contributed by atoms with Crippen molar-refractivity contribution < 1.29 is 9.53 Å². The Kier molecular flexibility index (Phi) is 3.62. The van der Waals surface area contributed by atoms with E-state index in [4.69, 9.17) is 4.74 Å². The van der Waals surface area contributed by atoms with E-state index in [1.54, 1.807) is 0 Å². The van der Waals surface area contributed by atoms with Gasteiger partial charge in [0.2, 0.25) is 0 Å². The molecule has 1 saturated carbocycles. The van der Waals surface area contributed by atoms with Crippen LogP contribution < -0.4 is 0 Å². The summed E-state index contributed by atoms with van der Waals surface area (Å²) in [6, 6.07) is 10.5. The molecule has 0 bridgehead atoms. The molecule has 0 saturated heterocycles. The first-order chi connectivity index (χ1) is 8.22. The molecule has 2 nitrogen and oxygen atoms in total. The van der Waals surface area contributed by atoms with E-state index < -0.39 is 0 Å². The van der Waals surface area contributed by atoms with Gasteiger partial charge < -0.3 is 4.74 Å². The fourth-order valence-corrected chi connectivity index (χ4v) is 2.19. The summed E-state index contributed by atoms with van der Waals surface area (Å²) in [6.07, 6.45) is 1.99. The standard InChI is InChI=1S/C15H18O2/c1-3-17-15(16)11(2)13-9-14(10-13)12-7-5-4-6-8-12/h4-8,14H,3,9-10H2,1-2H3. The average molecular weight is 230 g/mol. The molecule has 2 rings (SSSR count). The molecule has 1 aromatic rings. The number of rotatable bonds is 3. The first-order valence-corrected chi connectivity index (χ1v) is 6.13. The normalized spacial score (nSPS) is 18.5. The molecular formula is C15H18O2. The van der Waals surface area contributed by atoms with Crippen LogP contribution >= 0.6 is 0 Å². The number of carbonyl (C=O) groups is 1. The first-order valence-electron chi connectivity index (χ1n) is 6.13. The van der Waals surface area contributed by atoms with Gasteiger partial charge in [0.1, 0.15) is 0 Å². The Morgan fingerprint density at radius 2 is 1.94 bits per heavy atom. The van der Waals surface area contributed by atoms with E-state index in [1.807, 2.05) is 19.9 Å². The number of hydrogen-bond acceptors (Lipinski definition) is 2. The second kappa shape index (κ2) is 5.17. The van der Waals surface area contributed by atoms with Gasteiger partial charge in [-0.15, -0.1) is 0 Å². The summed E-state index contributed by atoms with van der Waals surface area (Å²) in [5, 5.41) is 0. The minimum absolute atomic E-state index is 0.158. The van der Waals surface area contributed by atoms with Crippen molar-refractivity contribution in [3.05, 3.63) is 47.0 Å². The Labute approximate surface area is 102 Å². The van der Waals surface area contributed by atoms with Crippen molar-refractivity contribution in [1.82, 2.24) is 0 Å². The van der Waals surface area contributed by atoms with Gasteiger partial charge in [-0.05, 0) is 38.2 Å². The molecule has 2 heteroatoms. The van der Waals surface area contributed by atoms with E-state index in [9.17, 15) is 4.79 Å². The Morgan fingerprint density at radius 3 is 2.53 bits per heavy atom. The van der Waals surface area contributed by atoms with Crippen LogP contribution in [0.25, 0.3) is 0 Å².